The lowest BCUT2D eigenvalue weighted by Crippen LogP contribution is -2.08. The Balaban J connectivity index is 1.91. The maximum Gasteiger partial charge on any atom is 0.293 e. The number of fused-ring (bicyclic) bond motifs is 1. The summed E-state index contributed by atoms with van der Waals surface area (Å²) in [5.41, 5.74) is 2.30. The predicted octanol–water partition coefficient (Wildman–Crippen LogP) is 4.49. The molecule has 2 aromatic rings. The van der Waals surface area contributed by atoms with Crippen molar-refractivity contribution in [1.29, 1.82) is 0 Å². The number of benzene rings is 2. The molecule has 0 bridgehead atoms. The average molecular weight is 307 g/mol. The molecule has 0 aliphatic heterocycles. The first-order valence-corrected chi connectivity index (χ1v) is 6.91. The van der Waals surface area contributed by atoms with E-state index >= 15 is 0 Å². The third-order valence-electron chi connectivity index (χ3n) is 3.67. The number of hydrogen-bond acceptors (Lipinski definition) is 3. The highest BCUT2D eigenvalue weighted by atomic mass is 35.5. The molecular formula is C15H12ClFN2O2. The lowest BCUT2D eigenvalue weighted by Gasteiger charge is -2.15. The van der Waals surface area contributed by atoms with Gasteiger partial charge in [0.05, 0.1) is 11.0 Å². The Morgan fingerprint density at radius 2 is 2.10 bits per heavy atom. The fourth-order valence-corrected chi connectivity index (χ4v) is 2.87. The molecule has 108 valence electrons. The molecule has 1 unspecified atom stereocenters. The first-order chi connectivity index (χ1) is 10.0. The number of nitrogens with one attached hydrogen (secondary N) is 1. The Labute approximate surface area is 125 Å². The van der Waals surface area contributed by atoms with Gasteiger partial charge in [0.1, 0.15) is 11.5 Å². The highest BCUT2D eigenvalue weighted by Gasteiger charge is 2.25. The van der Waals surface area contributed by atoms with Gasteiger partial charge in [-0.1, -0.05) is 17.7 Å². The number of aryl methyl sites for hydroxylation is 1. The number of halogens is 2. The number of hydrogen-bond donors (Lipinski definition) is 1. The van der Waals surface area contributed by atoms with Crippen LogP contribution >= 0.6 is 11.6 Å². The van der Waals surface area contributed by atoms with Crippen molar-refractivity contribution in [2.45, 2.75) is 18.9 Å². The largest absolute Gasteiger partial charge is 0.373 e. The number of anilines is 1. The first kappa shape index (κ1) is 13.8. The fraction of sp³-hybridized carbons (Fsp3) is 0.200. The third kappa shape index (κ3) is 2.69. The average Bonchev–Trinajstić information content (AvgIpc) is 2.82. The normalized spacial score (nSPS) is 16.6. The van der Waals surface area contributed by atoms with Gasteiger partial charge in [-0.3, -0.25) is 10.1 Å². The zero-order chi connectivity index (χ0) is 15.0. The van der Waals surface area contributed by atoms with Crippen molar-refractivity contribution < 1.29 is 9.31 Å². The predicted molar refractivity (Wildman–Crippen MR) is 79.2 cm³/mol. The van der Waals surface area contributed by atoms with Crippen LogP contribution in [0.3, 0.4) is 0 Å². The molecule has 1 aliphatic rings. The zero-order valence-electron chi connectivity index (χ0n) is 11.0. The van der Waals surface area contributed by atoms with Crippen LogP contribution in [0.1, 0.15) is 23.6 Å². The van der Waals surface area contributed by atoms with Gasteiger partial charge in [0.15, 0.2) is 0 Å². The molecule has 3 rings (SSSR count). The summed E-state index contributed by atoms with van der Waals surface area (Å²) in [6, 6.07) is 9.14. The summed E-state index contributed by atoms with van der Waals surface area (Å²) in [7, 11) is 0. The Morgan fingerprint density at radius 1 is 1.29 bits per heavy atom. The van der Waals surface area contributed by atoms with Crippen LogP contribution in [0.5, 0.6) is 0 Å². The summed E-state index contributed by atoms with van der Waals surface area (Å²) in [4.78, 5) is 10.6. The van der Waals surface area contributed by atoms with Crippen LogP contribution in [0.15, 0.2) is 36.4 Å². The van der Waals surface area contributed by atoms with E-state index in [9.17, 15) is 14.5 Å². The molecular weight excluding hydrogens is 295 g/mol. The van der Waals surface area contributed by atoms with Crippen LogP contribution in [0.25, 0.3) is 0 Å². The molecule has 0 heterocycles. The summed E-state index contributed by atoms with van der Waals surface area (Å²) in [5.74, 6) is -0.258. The quantitative estimate of drug-likeness (QED) is 0.671. The third-order valence-corrected chi connectivity index (χ3v) is 3.90. The Morgan fingerprint density at radius 3 is 2.86 bits per heavy atom. The molecule has 0 fully saturated rings. The van der Waals surface area contributed by atoms with Crippen LogP contribution in [0.4, 0.5) is 15.8 Å². The van der Waals surface area contributed by atoms with Crippen LogP contribution in [-0.2, 0) is 6.42 Å². The Hall–Kier alpha value is -2.14. The lowest BCUT2D eigenvalue weighted by atomic mass is 10.1. The van der Waals surface area contributed by atoms with E-state index in [0.717, 1.165) is 24.0 Å². The van der Waals surface area contributed by atoms with E-state index in [1.807, 2.05) is 0 Å². The zero-order valence-corrected chi connectivity index (χ0v) is 11.7. The molecule has 0 amide bonds. The van der Waals surface area contributed by atoms with Crippen molar-refractivity contribution in [3.05, 3.63) is 68.5 Å². The summed E-state index contributed by atoms with van der Waals surface area (Å²) < 4.78 is 13.2. The molecule has 1 atom stereocenters. The number of nitro benzene ring substituents is 1. The maximum absolute atomic E-state index is 13.2. The van der Waals surface area contributed by atoms with Gasteiger partial charge < -0.3 is 5.32 Å². The second-order valence-corrected chi connectivity index (χ2v) is 5.43. The van der Waals surface area contributed by atoms with E-state index in [2.05, 4.69) is 5.32 Å². The second kappa shape index (κ2) is 5.33. The first-order valence-electron chi connectivity index (χ1n) is 6.53. The van der Waals surface area contributed by atoms with Crippen LogP contribution < -0.4 is 5.32 Å². The van der Waals surface area contributed by atoms with Crippen LogP contribution in [0.2, 0.25) is 5.02 Å². The molecule has 1 aliphatic carbocycles. The topological polar surface area (TPSA) is 55.2 Å². The lowest BCUT2D eigenvalue weighted by molar-refractivity contribution is -0.384. The monoisotopic (exact) mass is 306 g/mol. The molecule has 4 nitrogen and oxygen atoms in total. The molecule has 0 spiro atoms. The van der Waals surface area contributed by atoms with Crippen molar-refractivity contribution in [1.82, 2.24) is 0 Å². The van der Waals surface area contributed by atoms with Crippen molar-refractivity contribution in [3.63, 3.8) is 0 Å². The summed E-state index contributed by atoms with van der Waals surface area (Å²) >= 11 is 5.80. The van der Waals surface area contributed by atoms with Gasteiger partial charge in [-0.2, -0.15) is 0 Å². The van der Waals surface area contributed by atoms with Crippen molar-refractivity contribution in [3.8, 4) is 0 Å². The number of nitro groups is 1. The van der Waals surface area contributed by atoms with E-state index in [0.29, 0.717) is 10.7 Å². The molecule has 0 saturated heterocycles. The van der Waals surface area contributed by atoms with Gasteiger partial charge in [0, 0.05) is 11.1 Å². The highest BCUT2D eigenvalue weighted by Crippen LogP contribution is 2.37. The van der Waals surface area contributed by atoms with Gasteiger partial charge >= 0.3 is 0 Å². The molecule has 0 radical (unpaired) electrons. The van der Waals surface area contributed by atoms with E-state index in [4.69, 9.17) is 11.6 Å². The van der Waals surface area contributed by atoms with E-state index in [-0.39, 0.29) is 17.5 Å². The van der Waals surface area contributed by atoms with E-state index in [1.54, 1.807) is 18.2 Å². The van der Waals surface area contributed by atoms with E-state index in [1.165, 1.54) is 18.2 Å². The summed E-state index contributed by atoms with van der Waals surface area (Å²) in [6.07, 6.45) is 1.53. The van der Waals surface area contributed by atoms with Gasteiger partial charge in [-0.25, -0.2) is 4.39 Å². The van der Waals surface area contributed by atoms with E-state index < -0.39 is 4.92 Å². The van der Waals surface area contributed by atoms with Crippen molar-refractivity contribution >= 4 is 23.0 Å². The molecule has 2 aromatic carbocycles. The standard InChI is InChI=1S/C15H12ClFN2O2/c16-10-2-6-14(15(8-10)19(20)21)18-13-5-1-9-7-11(17)3-4-12(9)13/h2-4,6-8,13,18H,1,5H2. The highest BCUT2D eigenvalue weighted by molar-refractivity contribution is 6.30. The molecule has 1 N–H and O–H groups in total. The van der Waals surface area contributed by atoms with Gasteiger partial charge in [-0.15, -0.1) is 0 Å². The summed E-state index contributed by atoms with van der Waals surface area (Å²) in [5, 5.41) is 14.6. The maximum atomic E-state index is 13.2. The minimum Gasteiger partial charge on any atom is -0.373 e. The minimum atomic E-state index is -0.464. The molecule has 0 saturated carbocycles. The summed E-state index contributed by atoms with van der Waals surface area (Å²) in [6.45, 7) is 0. The second-order valence-electron chi connectivity index (χ2n) is 5.00. The minimum absolute atomic E-state index is 0.0551. The number of nitrogens with zero attached hydrogens (tertiary/aromatic N) is 1. The van der Waals surface area contributed by atoms with Gasteiger partial charge in [-0.05, 0) is 48.2 Å². The van der Waals surface area contributed by atoms with Gasteiger partial charge in [0.2, 0.25) is 0 Å². The van der Waals surface area contributed by atoms with Gasteiger partial charge in [0.25, 0.3) is 5.69 Å². The van der Waals surface area contributed by atoms with Crippen LogP contribution in [-0.4, -0.2) is 4.92 Å². The molecule has 21 heavy (non-hydrogen) atoms. The van der Waals surface area contributed by atoms with Crippen molar-refractivity contribution in [2.75, 3.05) is 5.32 Å². The van der Waals surface area contributed by atoms with Crippen LogP contribution in [0, 0.1) is 15.9 Å². The SMILES string of the molecule is O=[N+]([O-])c1cc(Cl)ccc1NC1CCc2cc(F)ccc21. The fourth-order valence-electron chi connectivity index (χ4n) is 2.70. The Kier molecular flexibility index (Phi) is 3.51. The number of rotatable bonds is 3. The Bertz CT molecular complexity index is 721. The van der Waals surface area contributed by atoms with Crippen molar-refractivity contribution in [2.24, 2.45) is 0 Å². The molecule has 6 heteroatoms. The molecule has 0 aromatic heterocycles. The smallest absolute Gasteiger partial charge is 0.293 e.